The Labute approximate surface area is 91.2 Å². The average molecular weight is 209 g/mol. The lowest BCUT2D eigenvalue weighted by Gasteiger charge is -2.17. The number of nitrogens with two attached hydrogens (primary N) is 1. The van der Waals surface area contributed by atoms with E-state index in [1.165, 1.54) is 0 Å². The maximum atomic E-state index is 5.75. The van der Waals surface area contributed by atoms with E-state index >= 15 is 0 Å². The van der Waals surface area contributed by atoms with Crippen LogP contribution in [0, 0.1) is 0 Å². The van der Waals surface area contributed by atoms with Crippen LogP contribution in [0.4, 0.5) is 0 Å². The molecule has 3 heteroatoms. The van der Waals surface area contributed by atoms with Gasteiger partial charge in [0.1, 0.15) is 6.10 Å². The van der Waals surface area contributed by atoms with Gasteiger partial charge >= 0.3 is 0 Å². The predicted molar refractivity (Wildman–Crippen MR) is 61.4 cm³/mol. The Bertz CT molecular complexity index is 285. The van der Waals surface area contributed by atoms with Crippen molar-refractivity contribution in [3.8, 4) is 11.5 Å². The number of rotatable bonds is 6. The maximum Gasteiger partial charge on any atom is 0.161 e. The minimum atomic E-state index is 0.0617. The van der Waals surface area contributed by atoms with Crippen LogP contribution in [0.15, 0.2) is 24.3 Å². The second kappa shape index (κ2) is 6.30. The van der Waals surface area contributed by atoms with Gasteiger partial charge in [0, 0.05) is 6.54 Å². The molecule has 0 saturated carbocycles. The molecule has 0 aliphatic rings. The van der Waals surface area contributed by atoms with Crippen LogP contribution >= 0.6 is 0 Å². The molecule has 1 aromatic rings. The molecule has 0 saturated heterocycles. The number of ether oxygens (including phenoxy) is 2. The molecular weight excluding hydrogens is 190 g/mol. The van der Waals surface area contributed by atoms with Gasteiger partial charge in [0.15, 0.2) is 11.5 Å². The van der Waals surface area contributed by atoms with E-state index in [0.29, 0.717) is 13.2 Å². The molecule has 1 rings (SSSR count). The molecule has 1 atom stereocenters. The summed E-state index contributed by atoms with van der Waals surface area (Å²) in [4.78, 5) is 0. The molecule has 3 nitrogen and oxygen atoms in total. The second-order valence-corrected chi connectivity index (χ2v) is 3.26. The Morgan fingerprint density at radius 2 is 1.87 bits per heavy atom. The lowest BCUT2D eigenvalue weighted by molar-refractivity contribution is 0.193. The highest BCUT2D eigenvalue weighted by Gasteiger charge is 2.09. The van der Waals surface area contributed by atoms with E-state index in [4.69, 9.17) is 15.2 Å². The zero-order valence-corrected chi connectivity index (χ0v) is 9.40. The third kappa shape index (κ3) is 3.44. The summed E-state index contributed by atoms with van der Waals surface area (Å²) in [6.45, 7) is 5.18. The van der Waals surface area contributed by atoms with Gasteiger partial charge in [0.2, 0.25) is 0 Å². The predicted octanol–water partition coefficient (Wildman–Crippen LogP) is 2.20. The van der Waals surface area contributed by atoms with E-state index in [9.17, 15) is 0 Å². The van der Waals surface area contributed by atoms with Crippen LogP contribution in [0.3, 0.4) is 0 Å². The summed E-state index contributed by atoms with van der Waals surface area (Å²) in [7, 11) is 0. The van der Waals surface area contributed by atoms with Crippen LogP contribution in [0.1, 0.15) is 20.3 Å². The van der Waals surface area contributed by atoms with Gasteiger partial charge in [-0.3, -0.25) is 0 Å². The second-order valence-electron chi connectivity index (χ2n) is 3.26. The number of para-hydroxylation sites is 2. The summed E-state index contributed by atoms with van der Waals surface area (Å²) in [6.07, 6.45) is 0.961. The standard InChI is InChI=1S/C12H19NO2/c1-3-10(9-13)15-12-8-6-5-7-11(12)14-4-2/h5-8,10H,3-4,9,13H2,1-2H3. The quantitative estimate of drug-likeness (QED) is 0.781. The van der Waals surface area contributed by atoms with Crippen molar-refractivity contribution in [1.82, 2.24) is 0 Å². The number of hydrogen-bond acceptors (Lipinski definition) is 3. The van der Waals surface area contributed by atoms with Gasteiger partial charge in [0.25, 0.3) is 0 Å². The Morgan fingerprint density at radius 1 is 1.20 bits per heavy atom. The third-order valence-corrected chi connectivity index (χ3v) is 2.16. The molecule has 0 bridgehead atoms. The highest BCUT2D eigenvalue weighted by Crippen LogP contribution is 2.27. The lowest BCUT2D eigenvalue weighted by atomic mass is 10.2. The van der Waals surface area contributed by atoms with Crippen molar-refractivity contribution in [2.24, 2.45) is 5.73 Å². The van der Waals surface area contributed by atoms with Crippen molar-refractivity contribution in [2.45, 2.75) is 26.4 Å². The first kappa shape index (κ1) is 11.9. The Hall–Kier alpha value is -1.22. The summed E-state index contributed by atoms with van der Waals surface area (Å²) in [5.74, 6) is 1.56. The van der Waals surface area contributed by atoms with Gasteiger partial charge in [-0.15, -0.1) is 0 Å². The summed E-state index contributed by atoms with van der Waals surface area (Å²) in [5, 5.41) is 0. The van der Waals surface area contributed by atoms with Crippen molar-refractivity contribution < 1.29 is 9.47 Å². The van der Waals surface area contributed by atoms with Crippen LogP contribution in [-0.2, 0) is 0 Å². The molecule has 0 aliphatic carbocycles. The van der Waals surface area contributed by atoms with E-state index in [2.05, 4.69) is 6.92 Å². The number of benzene rings is 1. The highest BCUT2D eigenvalue weighted by atomic mass is 16.5. The lowest BCUT2D eigenvalue weighted by Crippen LogP contribution is -2.25. The molecule has 0 aromatic heterocycles. The van der Waals surface area contributed by atoms with Gasteiger partial charge in [0.05, 0.1) is 6.61 Å². The first-order chi connectivity index (χ1) is 7.31. The van der Waals surface area contributed by atoms with Gasteiger partial charge < -0.3 is 15.2 Å². The summed E-state index contributed by atoms with van der Waals surface area (Å²) >= 11 is 0. The third-order valence-electron chi connectivity index (χ3n) is 2.16. The van der Waals surface area contributed by atoms with E-state index < -0.39 is 0 Å². The zero-order valence-electron chi connectivity index (χ0n) is 9.40. The fourth-order valence-corrected chi connectivity index (χ4v) is 1.30. The normalized spacial score (nSPS) is 12.2. The topological polar surface area (TPSA) is 44.5 Å². The Morgan fingerprint density at radius 3 is 2.40 bits per heavy atom. The van der Waals surface area contributed by atoms with Crippen LogP contribution in [-0.4, -0.2) is 19.3 Å². The van der Waals surface area contributed by atoms with Gasteiger partial charge in [-0.25, -0.2) is 0 Å². The molecule has 84 valence electrons. The van der Waals surface area contributed by atoms with Crippen LogP contribution < -0.4 is 15.2 Å². The molecule has 0 aliphatic heterocycles. The van der Waals surface area contributed by atoms with Gasteiger partial charge in [-0.05, 0) is 25.5 Å². The largest absolute Gasteiger partial charge is 0.490 e. The highest BCUT2D eigenvalue weighted by molar-refractivity contribution is 5.39. The monoisotopic (exact) mass is 209 g/mol. The summed E-state index contributed by atoms with van der Waals surface area (Å²) in [5.41, 5.74) is 5.59. The SMILES string of the molecule is CCOc1ccccc1OC(CC)CN. The van der Waals surface area contributed by atoms with Crippen molar-refractivity contribution in [1.29, 1.82) is 0 Å². The maximum absolute atomic E-state index is 5.75. The molecule has 0 heterocycles. The van der Waals surface area contributed by atoms with Crippen LogP contribution in [0.2, 0.25) is 0 Å². The van der Waals surface area contributed by atoms with Crippen molar-refractivity contribution in [3.05, 3.63) is 24.3 Å². The van der Waals surface area contributed by atoms with E-state index in [0.717, 1.165) is 17.9 Å². The van der Waals surface area contributed by atoms with Crippen molar-refractivity contribution >= 4 is 0 Å². The minimum absolute atomic E-state index is 0.0617. The molecule has 15 heavy (non-hydrogen) atoms. The molecule has 0 fully saturated rings. The fraction of sp³-hybridized carbons (Fsp3) is 0.500. The molecule has 0 radical (unpaired) electrons. The molecular formula is C12H19NO2. The smallest absolute Gasteiger partial charge is 0.161 e. The molecule has 1 aromatic carbocycles. The number of hydrogen-bond donors (Lipinski definition) is 1. The van der Waals surface area contributed by atoms with E-state index in [-0.39, 0.29) is 6.10 Å². The first-order valence-electron chi connectivity index (χ1n) is 5.40. The van der Waals surface area contributed by atoms with Gasteiger partial charge in [-0.1, -0.05) is 19.1 Å². The molecule has 0 spiro atoms. The molecule has 0 amide bonds. The average Bonchev–Trinajstić information content (AvgIpc) is 2.28. The molecule has 2 N–H and O–H groups in total. The Kier molecular flexibility index (Phi) is 4.98. The van der Waals surface area contributed by atoms with Crippen molar-refractivity contribution in [2.75, 3.05) is 13.2 Å². The van der Waals surface area contributed by atoms with E-state index in [1.807, 2.05) is 31.2 Å². The summed E-state index contributed by atoms with van der Waals surface area (Å²) < 4.78 is 11.2. The molecule has 1 unspecified atom stereocenters. The van der Waals surface area contributed by atoms with Gasteiger partial charge in [-0.2, -0.15) is 0 Å². The van der Waals surface area contributed by atoms with E-state index in [1.54, 1.807) is 0 Å². The summed E-state index contributed by atoms with van der Waals surface area (Å²) in [6, 6.07) is 7.67. The fourth-order valence-electron chi connectivity index (χ4n) is 1.30. The minimum Gasteiger partial charge on any atom is -0.490 e. The van der Waals surface area contributed by atoms with Crippen LogP contribution in [0.5, 0.6) is 11.5 Å². The Balaban J connectivity index is 2.73. The zero-order chi connectivity index (χ0) is 11.1. The first-order valence-corrected chi connectivity index (χ1v) is 5.40. The van der Waals surface area contributed by atoms with Crippen molar-refractivity contribution in [3.63, 3.8) is 0 Å². The van der Waals surface area contributed by atoms with Crippen LogP contribution in [0.25, 0.3) is 0 Å².